The van der Waals surface area contributed by atoms with E-state index >= 15 is 0 Å². The van der Waals surface area contributed by atoms with Crippen LogP contribution in [0.25, 0.3) is 10.2 Å². The summed E-state index contributed by atoms with van der Waals surface area (Å²) in [5.74, 6) is -1.82. The summed E-state index contributed by atoms with van der Waals surface area (Å²) in [6.45, 7) is 1.00. The molecule has 0 aliphatic heterocycles. The molecule has 0 bridgehead atoms. The van der Waals surface area contributed by atoms with Crippen molar-refractivity contribution in [3.05, 3.63) is 54.1 Å². The number of urea groups is 1. The summed E-state index contributed by atoms with van der Waals surface area (Å²) in [6.07, 6.45) is -5.30. The lowest BCUT2D eigenvalue weighted by molar-refractivity contribution is -0.267. The Bertz CT molecular complexity index is 1070. The number of aliphatic hydroxyl groups is 1. The van der Waals surface area contributed by atoms with Gasteiger partial charge in [-0.15, -0.1) is 0 Å². The molecule has 2 amide bonds. The monoisotopic (exact) mass is 439 g/mol. The Morgan fingerprint density at radius 2 is 1.83 bits per heavy atom. The first-order valence-corrected chi connectivity index (χ1v) is 9.47. The second-order valence-corrected chi connectivity index (χ2v) is 7.11. The average molecular weight is 439 g/mol. The van der Waals surface area contributed by atoms with Gasteiger partial charge in [-0.25, -0.2) is 14.6 Å². The molecule has 3 aromatic rings. The van der Waals surface area contributed by atoms with Crippen LogP contribution in [0, 0.1) is 0 Å². The molecule has 1 atom stereocenters. The number of thiazole rings is 1. The molecule has 3 rings (SSSR count). The fraction of sp³-hybridized carbons (Fsp3) is 0.211. The predicted molar refractivity (Wildman–Crippen MR) is 105 cm³/mol. The van der Waals surface area contributed by atoms with Crippen LogP contribution in [-0.4, -0.2) is 34.9 Å². The molecule has 158 valence electrons. The van der Waals surface area contributed by atoms with Crippen LogP contribution < -0.4 is 10.6 Å². The molecule has 30 heavy (non-hydrogen) atoms. The standard InChI is InChI=1S/C19H16F3N3O4S/c1-2-29-15(26)18(28,19(20,21)22)11-8-9-13-14(10-11)30-17(24-13)25-16(27)23-12-6-4-3-5-7-12/h3-10,28H,2H2,1H3,(H2,23,24,25,27)/t18-/m1/s1. The van der Waals surface area contributed by atoms with E-state index in [1.165, 1.54) is 13.0 Å². The third-order valence-corrected chi connectivity index (χ3v) is 4.97. The number of benzene rings is 2. The number of para-hydroxylation sites is 1. The number of amides is 2. The third kappa shape index (κ3) is 4.21. The van der Waals surface area contributed by atoms with E-state index in [4.69, 9.17) is 0 Å². The van der Waals surface area contributed by atoms with Gasteiger partial charge in [-0.2, -0.15) is 13.2 Å². The van der Waals surface area contributed by atoms with Crippen molar-refractivity contribution in [2.75, 3.05) is 17.2 Å². The summed E-state index contributed by atoms with van der Waals surface area (Å²) in [6, 6.07) is 11.2. The molecule has 0 aliphatic rings. The fourth-order valence-electron chi connectivity index (χ4n) is 2.62. The lowest BCUT2D eigenvalue weighted by atomic mass is 9.93. The second kappa shape index (κ2) is 8.28. The van der Waals surface area contributed by atoms with Gasteiger partial charge in [-0.05, 0) is 31.2 Å². The van der Waals surface area contributed by atoms with E-state index in [9.17, 15) is 27.9 Å². The van der Waals surface area contributed by atoms with Gasteiger partial charge in [0.2, 0.25) is 0 Å². The van der Waals surface area contributed by atoms with Gasteiger partial charge in [0.15, 0.2) is 5.13 Å². The highest BCUT2D eigenvalue weighted by Gasteiger charge is 2.62. The predicted octanol–water partition coefficient (Wildman–Crippen LogP) is 4.25. The van der Waals surface area contributed by atoms with Gasteiger partial charge in [-0.3, -0.25) is 5.32 Å². The van der Waals surface area contributed by atoms with Crippen LogP contribution in [0.2, 0.25) is 0 Å². The number of alkyl halides is 3. The number of esters is 1. The normalized spacial score (nSPS) is 13.5. The Kier molecular flexibility index (Phi) is 5.94. The molecule has 0 saturated heterocycles. The van der Waals surface area contributed by atoms with E-state index < -0.39 is 29.3 Å². The minimum absolute atomic E-state index is 0.127. The first-order valence-electron chi connectivity index (χ1n) is 8.65. The van der Waals surface area contributed by atoms with Crippen LogP contribution >= 0.6 is 11.3 Å². The number of hydrogen-bond acceptors (Lipinski definition) is 6. The zero-order valence-corrected chi connectivity index (χ0v) is 16.3. The maximum Gasteiger partial charge on any atom is 0.432 e. The van der Waals surface area contributed by atoms with Gasteiger partial charge >= 0.3 is 18.2 Å². The molecule has 0 radical (unpaired) electrons. The van der Waals surface area contributed by atoms with Crippen LogP contribution in [0.15, 0.2) is 48.5 Å². The molecule has 1 aromatic heterocycles. The van der Waals surface area contributed by atoms with Crippen molar-refractivity contribution in [1.82, 2.24) is 4.98 Å². The number of carbonyl (C=O) groups excluding carboxylic acids is 2. The van der Waals surface area contributed by atoms with Gasteiger partial charge in [0.05, 0.1) is 16.8 Å². The lowest BCUT2D eigenvalue weighted by Gasteiger charge is -2.28. The Labute approximate surface area is 172 Å². The van der Waals surface area contributed by atoms with Gasteiger partial charge in [0.1, 0.15) is 0 Å². The van der Waals surface area contributed by atoms with Crippen molar-refractivity contribution in [2.45, 2.75) is 18.7 Å². The summed E-state index contributed by atoms with van der Waals surface area (Å²) in [4.78, 5) is 28.1. The van der Waals surface area contributed by atoms with E-state index in [2.05, 4.69) is 20.4 Å². The smallest absolute Gasteiger partial charge is 0.432 e. The molecule has 0 spiro atoms. The summed E-state index contributed by atoms with van der Waals surface area (Å²) in [7, 11) is 0. The van der Waals surface area contributed by atoms with Crippen LogP contribution in [0.4, 0.5) is 28.8 Å². The minimum Gasteiger partial charge on any atom is -0.463 e. The molecule has 2 aromatic carbocycles. The van der Waals surface area contributed by atoms with Gasteiger partial charge in [0.25, 0.3) is 5.60 Å². The summed E-state index contributed by atoms with van der Waals surface area (Å²) >= 11 is 0.889. The number of aromatic nitrogens is 1. The van der Waals surface area contributed by atoms with Crippen LogP contribution in [-0.2, 0) is 15.1 Å². The molecule has 7 nitrogen and oxygen atoms in total. The number of nitrogens with one attached hydrogen (secondary N) is 2. The average Bonchev–Trinajstić information content (AvgIpc) is 3.08. The number of ether oxygens (including phenoxy) is 1. The Hall–Kier alpha value is -3.18. The van der Waals surface area contributed by atoms with Crippen molar-refractivity contribution in [1.29, 1.82) is 0 Å². The van der Waals surface area contributed by atoms with Gasteiger partial charge in [-0.1, -0.05) is 35.6 Å². The van der Waals surface area contributed by atoms with E-state index in [1.807, 2.05) is 0 Å². The highest BCUT2D eigenvalue weighted by molar-refractivity contribution is 7.22. The van der Waals surface area contributed by atoms with Crippen molar-refractivity contribution in [3.63, 3.8) is 0 Å². The molecular formula is C19H16F3N3O4S. The number of hydrogen-bond donors (Lipinski definition) is 3. The quantitative estimate of drug-likeness (QED) is 0.516. The van der Waals surface area contributed by atoms with Crippen molar-refractivity contribution in [3.8, 4) is 0 Å². The molecule has 0 unspecified atom stereocenters. The Balaban J connectivity index is 1.88. The second-order valence-electron chi connectivity index (χ2n) is 6.08. The highest BCUT2D eigenvalue weighted by Crippen LogP contribution is 2.41. The SMILES string of the molecule is CCOC(=O)[C@](O)(c1ccc2nc(NC(=O)Nc3ccccc3)sc2c1)C(F)(F)F. The van der Waals surface area contributed by atoms with E-state index in [1.54, 1.807) is 30.3 Å². The van der Waals surface area contributed by atoms with Gasteiger partial charge in [0, 0.05) is 11.3 Å². The minimum atomic E-state index is -5.30. The van der Waals surface area contributed by atoms with Crippen LogP contribution in [0.1, 0.15) is 12.5 Å². The first kappa shape index (κ1) is 21.5. The van der Waals surface area contributed by atoms with Crippen molar-refractivity contribution >= 4 is 44.4 Å². The number of carbonyl (C=O) groups is 2. The highest BCUT2D eigenvalue weighted by atomic mass is 32.1. The zero-order chi connectivity index (χ0) is 21.9. The number of anilines is 2. The third-order valence-electron chi connectivity index (χ3n) is 4.04. The number of rotatable bonds is 5. The van der Waals surface area contributed by atoms with Gasteiger partial charge < -0.3 is 15.2 Å². The number of halogens is 3. The number of nitrogens with zero attached hydrogens (tertiary/aromatic N) is 1. The Morgan fingerprint density at radius 3 is 2.47 bits per heavy atom. The van der Waals surface area contributed by atoms with E-state index in [-0.39, 0.29) is 22.0 Å². The largest absolute Gasteiger partial charge is 0.463 e. The topological polar surface area (TPSA) is 101 Å². The lowest BCUT2D eigenvalue weighted by Crippen LogP contribution is -2.50. The molecule has 1 heterocycles. The molecule has 0 aliphatic carbocycles. The number of fused-ring (bicyclic) bond motifs is 1. The summed E-state index contributed by atoms with van der Waals surface area (Å²) in [5, 5.41) is 15.4. The first-order chi connectivity index (χ1) is 14.1. The summed E-state index contributed by atoms with van der Waals surface area (Å²) in [5.41, 5.74) is -3.69. The van der Waals surface area contributed by atoms with Crippen molar-refractivity contribution < 1.29 is 32.6 Å². The van der Waals surface area contributed by atoms with Crippen molar-refractivity contribution in [2.24, 2.45) is 0 Å². The maximum absolute atomic E-state index is 13.5. The molecular weight excluding hydrogens is 423 g/mol. The molecule has 0 fully saturated rings. The molecule has 3 N–H and O–H groups in total. The molecule has 0 saturated carbocycles. The maximum atomic E-state index is 13.5. The Morgan fingerprint density at radius 1 is 1.13 bits per heavy atom. The summed E-state index contributed by atoms with van der Waals surface area (Å²) < 4.78 is 45.2. The van der Waals surface area contributed by atoms with Crippen LogP contribution in [0.3, 0.4) is 0 Å². The fourth-order valence-corrected chi connectivity index (χ4v) is 3.52. The molecule has 11 heteroatoms. The van der Waals surface area contributed by atoms with E-state index in [0.29, 0.717) is 5.69 Å². The zero-order valence-electron chi connectivity index (χ0n) is 15.5. The van der Waals surface area contributed by atoms with Crippen LogP contribution in [0.5, 0.6) is 0 Å². The van der Waals surface area contributed by atoms with E-state index in [0.717, 1.165) is 23.5 Å².